The summed E-state index contributed by atoms with van der Waals surface area (Å²) in [5.74, 6) is -1.10. The van der Waals surface area contributed by atoms with Crippen molar-refractivity contribution in [2.45, 2.75) is 71.8 Å². The number of amides is 2. The zero-order valence-electron chi connectivity index (χ0n) is 18.4. The quantitative estimate of drug-likeness (QED) is 0.0831. The predicted octanol–water partition coefficient (Wildman–Crippen LogP) is 0.0748. The molecule has 0 bridgehead atoms. The Balaban J connectivity index is 5.12. The molecule has 10 heteroatoms. The topological polar surface area (TPSA) is 149 Å². The van der Waals surface area contributed by atoms with Gasteiger partial charge in [-0.15, -0.1) is 0 Å². The average molecular weight is 411 g/mol. The number of carbonyl (C=O) groups is 2. The molecule has 0 rings (SSSR count). The molecule has 0 aromatic heterocycles. The Morgan fingerprint density at radius 2 is 1.90 bits per heavy atom. The highest BCUT2D eigenvalue weighted by molar-refractivity contribution is 6.43. The number of nitrogens with one attached hydrogen (secondary N) is 3. The van der Waals surface area contributed by atoms with Crippen LogP contribution in [0.15, 0.2) is 16.6 Å². The first-order valence-electron chi connectivity index (χ1n) is 10.2. The van der Waals surface area contributed by atoms with Crippen molar-refractivity contribution in [1.29, 1.82) is 0 Å². The lowest BCUT2D eigenvalue weighted by atomic mass is 9.75. The minimum atomic E-state index is -1.67. The van der Waals surface area contributed by atoms with Crippen LogP contribution in [0.1, 0.15) is 59.8 Å². The number of hydrogen-bond donors (Lipinski definition) is 6. The lowest BCUT2D eigenvalue weighted by Gasteiger charge is -2.24. The van der Waals surface area contributed by atoms with Crippen LogP contribution in [-0.4, -0.2) is 60.5 Å². The summed E-state index contributed by atoms with van der Waals surface area (Å²) in [6, 6.07) is -0.803. The number of nitrogens with two attached hydrogens (primary N) is 1. The van der Waals surface area contributed by atoms with Crippen LogP contribution in [0.3, 0.4) is 0 Å². The minimum Gasteiger partial charge on any atom is -0.426 e. The van der Waals surface area contributed by atoms with E-state index in [4.69, 9.17) is 5.73 Å². The van der Waals surface area contributed by atoms with Crippen LogP contribution in [0.5, 0.6) is 0 Å². The second kappa shape index (κ2) is 14.9. The first kappa shape index (κ1) is 26.9. The van der Waals surface area contributed by atoms with Gasteiger partial charge in [0, 0.05) is 19.2 Å². The van der Waals surface area contributed by atoms with E-state index < -0.39 is 25.0 Å². The maximum Gasteiger partial charge on any atom is 0.475 e. The van der Waals surface area contributed by atoms with E-state index in [2.05, 4.69) is 20.9 Å². The van der Waals surface area contributed by atoms with Gasteiger partial charge in [0.25, 0.3) is 0 Å². The van der Waals surface area contributed by atoms with Gasteiger partial charge in [0.05, 0.1) is 5.94 Å². The van der Waals surface area contributed by atoms with Crippen LogP contribution in [-0.2, 0) is 9.59 Å². The molecule has 29 heavy (non-hydrogen) atoms. The van der Waals surface area contributed by atoms with Gasteiger partial charge >= 0.3 is 7.12 Å². The number of allylic oxidation sites excluding steroid dienone is 1. The molecule has 0 aliphatic rings. The Bertz CT molecular complexity index is 567. The molecule has 0 aliphatic carbocycles. The summed E-state index contributed by atoms with van der Waals surface area (Å²) in [6.45, 7) is 8.07. The summed E-state index contributed by atoms with van der Waals surface area (Å²) in [4.78, 5) is 29.0. The predicted molar refractivity (Wildman–Crippen MR) is 117 cm³/mol. The summed E-state index contributed by atoms with van der Waals surface area (Å²) in [6.07, 6.45) is 4.87. The Kier molecular flexibility index (Phi) is 13.8. The monoisotopic (exact) mass is 411 g/mol. The van der Waals surface area contributed by atoms with E-state index in [1.807, 2.05) is 26.8 Å². The largest absolute Gasteiger partial charge is 0.475 e. The molecule has 0 saturated heterocycles. The normalized spacial score (nSPS) is 14.3. The molecule has 0 fully saturated rings. The van der Waals surface area contributed by atoms with Gasteiger partial charge < -0.3 is 31.7 Å². The number of carbonyl (C=O) groups excluding carboxylic acids is 2. The number of hydrogen-bond acceptors (Lipinski definition) is 5. The molecule has 166 valence electrons. The molecular formula is C19H38BN5O4. The summed E-state index contributed by atoms with van der Waals surface area (Å²) < 4.78 is 0. The molecule has 0 saturated carbocycles. The fraction of sp³-hybridized carbons (Fsp3) is 0.737. The van der Waals surface area contributed by atoms with E-state index in [-0.39, 0.29) is 11.8 Å². The number of guanidine groups is 1. The Hall–Kier alpha value is -2.07. The smallest absolute Gasteiger partial charge is 0.426 e. The van der Waals surface area contributed by atoms with Crippen molar-refractivity contribution in [2.24, 2.45) is 16.6 Å². The molecule has 0 spiro atoms. The Labute approximate surface area is 174 Å². The van der Waals surface area contributed by atoms with Crippen molar-refractivity contribution in [3.05, 3.63) is 11.6 Å². The summed E-state index contributed by atoms with van der Waals surface area (Å²) in [5.41, 5.74) is 6.14. The standard InChI is InChI=1S/C19H38BN5O4/c1-6-7-9-14(4)17(26)24-15(10-8-11-23-19(21)22-5)18(27)25-16(20(28)29)12-13(2)3/h9,13,15-16,28-29H,6-8,10-12H2,1-5H3,(H,24,26)(H,25,27)(H3,21,22,23)/b14-9+/t15-,16-/m0/s1. The zero-order valence-corrected chi connectivity index (χ0v) is 18.4. The summed E-state index contributed by atoms with van der Waals surface area (Å²) in [5, 5.41) is 27.5. The van der Waals surface area contributed by atoms with Gasteiger partial charge in [-0.25, -0.2) is 0 Å². The van der Waals surface area contributed by atoms with E-state index in [0.717, 1.165) is 12.8 Å². The number of unbranched alkanes of at least 4 members (excludes halogenated alkanes) is 1. The SMILES string of the molecule is CCC/C=C(\C)C(=O)N[C@@H](CCCNC(N)=NC)C(=O)N[C@@H](CC(C)C)B(O)O. The van der Waals surface area contributed by atoms with E-state index >= 15 is 0 Å². The van der Waals surface area contributed by atoms with Gasteiger partial charge in [0.2, 0.25) is 11.8 Å². The molecule has 0 heterocycles. The highest BCUT2D eigenvalue weighted by atomic mass is 16.4. The first-order valence-corrected chi connectivity index (χ1v) is 10.2. The Morgan fingerprint density at radius 3 is 2.41 bits per heavy atom. The maximum absolute atomic E-state index is 12.8. The minimum absolute atomic E-state index is 0.162. The Morgan fingerprint density at radius 1 is 1.24 bits per heavy atom. The molecule has 0 unspecified atom stereocenters. The molecule has 0 aliphatic heterocycles. The van der Waals surface area contributed by atoms with E-state index in [0.29, 0.717) is 37.3 Å². The average Bonchev–Trinajstić information content (AvgIpc) is 2.66. The highest BCUT2D eigenvalue weighted by Crippen LogP contribution is 2.08. The summed E-state index contributed by atoms with van der Waals surface area (Å²) in [7, 11) is -0.106. The zero-order chi connectivity index (χ0) is 22.4. The van der Waals surface area contributed by atoms with Crippen molar-refractivity contribution in [3.63, 3.8) is 0 Å². The van der Waals surface area contributed by atoms with Crippen molar-refractivity contribution < 1.29 is 19.6 Å². The second-order valence-electron chi connectivity index (χ2n) is 7.54. The van der Waals surface area contributed by atoms with Gasteiger partial charge in [-0.05, 0) is 38.5 Å². The number of nitrogens with zero attached hydrogens (tertiary/aromatic N) is 1. The molecule has 0 aromatic rings. The molecule has 9 nitrogen and oxygen atoms in total. The molecule has 0 radical (unpaired) electrons. The van der Waals surface area contributed by atoms with E-state index in [9.17, 15) is 19.6 Å². The van der Waals surface area contributed by atoms with Crippen LogP contribution in [0.4, 0.5) is 0 Å². The van der Waals surface area contributed by atoms with Crippen molar-refractivity contribution >= 4 is 24.9 Å². The van der Waals surface area contributed by atoms with Crippen molar-refractivity contribution in [2.75, 3.05) is 13.6 Å². The number of aliphatic imine (C=N–C) groups is 1. The van der Waals surface area contributed by atoms with Crippen LogP contribution in [0, 0.1) is 5.92 Å². The van der Waals surface area contributed by atoms with E-state index in [1.54, 1.807) is 14.0 Å². The van der Waals surface area contributed by atoms with E-state index in [1.165, 1.54) is 0 Å². The molecular weight excluding hydrogens is 373 g/mol. The third-order valence-electron chi connectivity index (χ3n) is 4.35. The van der Waals surface area contributed by atoms with Gasteiger partial charge in [-0.2, -0.15) is 0 Å². The van der Waals surface area contributed by atoms with Gasteiger partial charge in [-0.3, -0.25) is 14.6 Å². The lowest BCUT2D eigenvalue weighted by Crippen LogP contribution is -2.54. The van der Waals surface area contributed by atoms with Gasteiger partial charge in [0.15, 0.2) is 5.96 Å². The van der Waals surface area contributed by atoms with Crippen LogP contribution in [0.2, 0.25) is 0 Å². The van der Waals surface area contributed by atoms with Crippen LogP contribution >= 0.6 is 0 Å². The molecule has 0 aromatic carbocycles. The third kappa shape index (κ3) is 12.2. The lowest BCUT2D eigenvalue weighted by molar-refractivity contribution is -0.128. The molecule has 7 N–H and O–H groups in total. The van der Waals surface area contributed by atoms with Crippen LogP contribution < -0.4 is 21.7 Å². The summed E-state index contributed by atoms with van der Waals surface area (Å²) >= 11 is 0. The number of rotatable bonds is 13. The first-order chi connectivity index (χ1) is 13.6. The van der Waals surface area contributed by atoms with Gasteiger partial charge in [-0.1, -0.05) is 33.3 Å². The maximum atomic E-state index is 12.8. The molecule has 2 amide bonds. The van der Waals surface area contributed by atoms with Gasteiger partial charge in [0.1, 0.15) is 6.04 Å². The second-order valence-corrected chi connectivity index (χ2v) is 7.54. The van der Waals surface area contributed by atoms with Crippen molar-refractivity contribution in [3.8, 4) is 0 Å². The third-order valence-corrected chi connectivity index (χ3v) is 4.35. The highest BCUT2D eigenvalue weighted by Gasteiger charge is 2.29. The fourth-order valence-corrected chi connectivity index (χ4v) is 2.64. The van der Waals surface area contributed by atoms with Crippen molar-refractivity contribution in [1.82, 2.24) is 16.0 Å². The van der Waals surface area contributed by atoms with Crippen LogP contribution in [0.25, 0.3) is 0 Å². The fourth-order valence-electron chi connectivity index (χ4n) is 2.64. The molecule has 2 atom stereocenters.